The number of hydrogen-bond acceptors (Lipinski definition) is 3. The van der Waals surface area contributed by atoms with Gasteiger partial charge < -0.3 is 10.4 Å². The van der Waals surface area contributed by atoms with Crippen LogP contribution in [0.2, 0.25) is 0 Å². The van der Waals surface area contributed by atoms with Gasteiger partial charge >= 0.3 is 0 Å². The van der Waals surface area contributed by atoms with Gasteiger partial charge in [0.2, 0.25) is 0 Å². The maximum Gasteiger partial charge on any atom is 0.115 e. The van der Waals surface area contributed by atoms with E-state index in [9.17, 15) is 5.11 Å². The zero-order chi connectivity index (χ0) is 14.7. The highest BCUT2D eigenvalue weighted by molar-refractivity contribution is 5.29. The number of phenolic OH excluding ortho intramolecular Hbond substituents is 1. The second kappa shape index (κ2) is 6.31. The van der Waals surface area contributed by atoms with Crippen LogP contribution in [0.5, 0.6) is 5.75 Å². The number of nitrogens with zero attached hydrogens (tertiary/aromatic N) is 2. The lowest BCUT2D eigenvalue weighted by atomic mass is 9.89. The third-order valence-electron chi connectivity index (χ3n) is 4.43. The fraction of sp³-hybridized carbons (Fsp3) is 0.471. The van der Waals surface area contributed by atoms with Gasteiger partial charge in [0.1, 0.15) is 5.75 Å². The fourth-order valence-electron chi connectivity index (χ4n) is 3.31. The summed E-state index contributed by atoms with van der Waals surface area (Å²) in [7, 11) is 0. The Bertz CT molecular complexity index is 567. The molecule has 0 spiro atoms. The topological polar surface area (TPSA) is 50.1 Å². The molecular weight excluding hydrogens is 262 g/mol. The van der Waals surface area contributed by atoms with E-state index in [1.165, 1.54) is 25.7 Å². The van der Waals surface area contributed by atoms with Crippen LogP contribution in [0.4, 0.5) is 0 Å². The van der Waals surface area contributed by atoms with E-state index in [2.05, 4.69) is 34.3 Å². The summed E-state index contributed by atoms with van der Waals surface area (Å²) >= 11 is 0. The summed E-state index contributed by atoms with van der Waals surface area (Å²) in [6, 6.07) is 10.6. The van der Waals surface area contributed by atoms with Gasteiger partial charge in [0.15, 0.2) is 0 Å². The molecule has 2 aromatic rings. The highest BCUT2D eigenvalue weighted by Gasteiger charge is 2.28. The third kappa shape index (κ3) is 3.27. The van der Waals surface area contributed by atoms with Gasteiger partial charge in [-0.15, -0.1) is 0 Å². The van der Waals surface area contributed by atoms with E-state index in [0.717, 1.165) is 5.56 Å². The molecular formula is C17H23N3O. The molecule has 1 fully saturated rings. The Morgan fingerprint density at radius 3 is 2.90 bits per heavy atom. The summed E-state index contributed by atoms with van der Waals surface area (Å²) in [5, 5.41) is 17.8. The molecule has 0 unspecified atom stereocenters. The molecule has 0 saturated heterocycles. The number of rotatable bonds is 4. The van der Waals surface area contributed by atoms with E-state index in [1.807, 2.05) is 24.4 Å². The van der Waals surface area contributed by atoms with E-state index >= 15 is 0 Å². The van der Waals surface area contributed by atoms with Crippen molar-refractivity contribution in [3.63, 3.8) is 0 Å². The van der Waals surface area contributed by atoms with Crippen LogP contribution in [0.3, 0.4) is 0 Å². The van der Waals surface area contributed by atoms with Gasteiger partial charge in [0.05, 0.1) is 6.04 Å². The Morgan fingerprint density at radius 1 is 1.29 bits per heavy atom. The summed E-state index contributed by atoms with van der Waals surface area (Å²) in [6.07, 6.45) is 8.79. The fourth-order valence-corrected chi connectivity index (χ4v) is 3.31. The molecule has 0 aliphatic heterocycles. The zero-order valence-corrected chi connectivity index (χ0v) is 12.4. The summed E-state index contributed by atoms with van der Waals surface area (Å²) in [4.78, 5) is 0. The van der Waals surface area contributed by atoms with Crippen LogP contribution in [0.15, 0.2) is 42.7 Å². The molecule has 0 amide bonds. The maximum atomic E-state index is 9.63. The Labute approximate surface area is 125 Å². The number of aromatic nitrogens is 2. The van der Waals surface area contributed by atoms with Crippen molar-refractivity contribution in [2.75, 3.05) is 0 Å². The standard InChI is InChI=1S/C17H23N3O/c1-13(14-6-4-7-15(21)12-14)19-16-8-2-3-9-17(16)20-11-5-10-18-20/h4-7,10-13,16-17,19,21H,2-3,8-9H2,1H3/t13-,16+,17+/m0/s1. The van der Waals surface area contributed by atoms with Gasteiger partial charge in [-0.3, -0.25) is 4.68 Å². The van der Waals surface area contributed by atoms with Crippen molar-refractivity contribution >= 4 is 0 Å². The van der Waals surface area contributed by atoms with E-state index in [0.29, 0.717) is 17.8 Å². The first-order chi connectivity index (χ1) is 10.2. The predicted molar refractivity (Wildman–Crippen MR) is 83.2 cm³/mol. The molecule has 21 heavy (non-hydrogen) atoms. The van der Waals surface area contributed by atoms with Crippen molar-refractivity contribution in [1.29, 1.82) is 0 Å². The van der Waals surface area contributed by atoms with E-state index in [-0.39, 0.29) is 6.04 Å². The van der Waals surface area contributed by atoms with Crippen molar-refractivity contribution in [1.82, 2.24) is 15.1 Å². The number of aromatic hydroxyl groups is 1. The van der Waals surface area contributed by atoms with Gasteiger partial charge in [-0.1, -0.05) is 25.0 Å². The van der Waals surface area contributed by atoms with Crippen LogP contribution in [-0.4, -0.2) is 20.9 Å². The predicted octanol–water partition coefficient (Wildman–Crippen LogP) is 3.42. The average molecular weight is 285 g/mol. The monoisotopic (exact) mass is 285 g/mol. The lowest BCUT2D eigenvalue weighted by Crippen LogP contribution is -2.41. The molecule has 4 nitrogen and oxygen atoms in total. The van der Waals surface area contributed by atoms with E-state index in [1.54, 1.807) is 6.07 Å². The lowest BCUT2D eigenvalue weighted by molar-refractivity contribution is 0.233. The Balaban J connectivity index is 1.72. The number of nitrogens with one attached hydrogen (secondary N) is 1. The molecule has 1 saturated carbocycles. The van der Waals surface area contributed by atoms with E-state index in [4.69, 9.17) is 0 Å². The minimum atomic E-state index is 0.221. The highest BCUT2D eigenvalue weighted by Crippen LogP contribution is 2.30. The second-order valence-electron chi connectivity index (χ2n) is 5.93. The van der Waals surface area contributed by atoms with Crippen molar-refractivity contribution in [2.45, 2.75) is 50.7 Å². The molecule has 3 atom stereocenters. The summed E-state index contributed by atoms with van der Waals surface area (Å²) in [5.74, 6) is 0.327. The van der Waals surface area contributed by atoms with Gasteiger partial charge in [-0.2, -0.15) is 5.10 Å². The molecule has 1 aromatic heterocycles. The smallest absolute Gasteiger partial charge is 0.115 e. The molecule has 1 aromatic carbocycles. The maximum absolute atomic E-state index is 9.63. The molecule has 4 heteroatoms. The number of hydrogen-bond donors (Lipinski definition) is 2. The van der Waals surface area contributed by atoms with Crippen LogP contribution < -0.4 is 5.32 Å². The number of phenols is 1. The first-order valence-electron chi connectivity index (χ1n) is 7.78. The SMILES string of the molecule is C[C@H](N[C@@H]1CCCC[C@H]1n1cccn1)c1cccc(O)c1. The number of benzene rings is 1. The largest absolute Gasteiger partial charge is 0.508 e. The first kappa shape index (κ1) is 14.1. The van der Waals surface area contributed by atoms with Gasteiger partial charge in [-0.05, 0) is 43.5 Å². The first-order valence-corrected chi connectivity index (χ1v) is 7.78. The van der Waals surface area contributed by atoms with Gasteiger partial charge in [0, 0.05) is 24.5 Å². The molecule has 0 radical (unpaired) electrons. The lowest BCUT2D eigenvalue weighted by Gasteiger charge is -2.34. The van der Waals surface area contributed by atoms with Crippen LogP contribution in [-0.2, 0) is 0 Å². The van der Waals surface area contributed by atoms with Crippen molar-refractivity contribution in [2.24, 2.45) is 0 Å². The zero-order valence-electron chi connectivity index (χ0n) is 12.4. The average Bonchev–Trinajstić information content (AvgIpc) is 3.02. The quantitative estimate of drug-likeness (QED) is 0.905. The summed E-state index contributed by atoms with van der Waals surface area (Å²) in [6.45, 7) is 2.16. The second-order valence-corrected chi connectivity index (χ2v) is 5.93. The van der Waals surface area contributed by atoms with Crippen LogP contribution in [0.25, 0.3) is 0 Å². The Hall–Kier alpha value is -1.81. The highest BCUT2D eigenvalue weighted by atomic mass is 16.3. The molecule has 2 N–H and O–H groups in total. The van der Waals surface area contributed by atoms with Gasteiger partial charge in [-0.25, -0.2) is 0 Å². The summed E-state index contributed by atoms with van der Waals surface area (Å²) in [5.41, 5.74) is 1.12. The van der Waals surface area contributed by atoms with Crippen LogP contribution in [0, 0.1) is 0 Å². The third-order valence-corrected chi connectivity index (χ3v) is 4.43. The Morgan fingerprint density at radius 2 is 2.14 bits per heavy atom. The van der Waals surface area contributed by atoms with Crippen LogP contribution >= 0.6 is 0 Å². The molecule has 112 valence electrons. The minimum Gasteiger partial charge on any atom is -0.508 e. The summed E-state index contributed by atoms with van der Waals surface area (Å²) < 4.78 is 2.09. The van der Waals surface area contributed by atoms with Crippen molar-refractivity contribution in [3.8, 4) is 5.75 Å². The molecule has 1 aliphatic carbocycles. The van der Waals surface area contributed by atoms with Crippen molar-refractivity contribution in [3.05, 3.63) is 48.3 Å². The van der Waals surface area contributed by atoms with Crippen LogP contribution in [0.1, 0.15) is 50.3 Å². The van der Waals surface area contributed by atoms with Crippen molar-refractivity contribution < 1.29 is 5.11 Å². The molecule has 1 aliphatic rings. The van der Waals surface area contributed by atoms with Gasteiger partial charge in [0.25, 0.3) is 0 Å². The minimum absolute atomic E-state index is 0.221. The van der Waals surface area contributed by atoms with E-state index < -0.39 is 0 Å². The molecule has 0 bridgehead atoms. The molecule has 1 heterocycles. The molecule has 3 rings (SSSR count). The Kier molecular flexibility index (Phi) is 4.25. The normalized spacial score (nSPS) is 23.9.